The van der Waals surface area contributed by atoms with E-state index in [1.54, 1.807) is 0 Å². The van der Waals surface area contributed by atoms with E-state index in [0.29, 0.717) is 16.9 Å². The predicted octanol–water partition coefficient (Wildman–Crippen LogP) is 3.72. The van der Waals surface area contributed by atoms with Gasteiger partial charge in [0, 0.05) is 23.9 Å². The largest absolute Gasteiger partial charge is 0.594 e. The van der Waals surface area contributed by atoms with Gasteiger partial charge in [0.25, 0.3) is 0 Å². The molecule has 0 saturated heterocycles. The lowest BCUT2D eigenvalue weighted by Gasteiger charge is -2.10. The van der Waals surface area contributed by atoms with Gasteiger partial charge in [-0.15, -0.1) is 0 Å². The zero-order chi connectivity index (χ0) is 18.8. The average Bonchev–Trinajstić information content (AvgIpc) is 2.83. The molecule has 3 aromatic rings. The van der Waals surface area contributed by atoms with Crippen molar-refractivity contribution in [3.05, 3.63) is 70.2 Å². The lowest BCUT2D eigenvalue weighted by molar-refractivity contribution is -0.668. The standard InChI is InChI=1S/C19H19F2N3O2/c1-4-5-8-23-13(3)12(2)16-10-24(25)22-19(18(16)23)26-11-14-6-7-15(20)9-17(14)21/h4-7,9-10H,8,11H2,1-3H3. The lowest BCUT2D eigenvalue weighted by atomic mass is 10.2. The van der Waals surface area contributed by atoms with E-state index in [9.17, 15) is 14.0 Å². The number of halogens is 2. The van der Waals surface area contributed by atoms with Crippen LogP contribution in [0.4, 0.5) is 8.78 Å². The molecule has 0 unspecified atom stereocenters. The summed E-state index contributed by atoms with van der Waals surface area (Å²) in [4.78, 5) is 0.436. The van der Waals surface area contributed by atoms with Gasteiger partial charge in [-0.3, -0.25) is 0 Å². The van der Waals surface area contributed by atoms with E-state index in [1.165, 1.54) is 12.3 Å². The molecule has 7 heteroatoms. The molecule has 5 nitrogen and oxygen atoms in total. The molecule has 3 rings (SSSR count). The predicted molar refractivity (Wildman–Crippen MR) is 93.7 cm³/mol. The summed E-state index contributed by atoms with van der Waals surface area (Å²) in [6, 6.07) is 3.27. The number of aryl methyl sites for hydroxylation is 1. The fourth-order valence-electron chi connectivity index (χ4n) is 2.87. The van der Waals surface area contributed by atoms with Crippen LogP contribution < -0.4 is 9.58 Å². The minimum absolute atomic E-state index is 0.113. The molecule has 0 bridgehead atoms. The van der Waals surface area contributed by atoms with Crippen LogP contribution >= 0.6 is 0 Å². The van der Waals surface area contributed by atoms with E-state index in [1.807, 2.05) is 37.5 Å². The Bertz CT molecular complexity index is 996. The summed E-state index contributed by atoms with van der Waals surface area (Å²) in [5.74, 6) is -1.25. The normalized spacial score (nSPS) is 11.6. The number of fused-ring (bicyclic) bond motifs is 1. The second-order valence-corrected chi connectivity index (χ2v) is 6.01. The highest BCUT2D eigenvalue weighted by molar-refractivity contribution is 5.87. The Balaban J connectivity index is 2.05. The zero-order valence-corrected chi connectivity index (χ0v) is 14.8. The topological polar surface area (TPSA) is 54.0 Å². The highest BCUT2D eigenvalue weighted by Crippen LogP contribution is 2.30. The molecule has 2 heterocycles. The lowest BCUT2D eigenvalue weighted by Crippen LogP contribution is -2.31. The molecule has 136 valence electrons. The Labute approximate surface area is 149 Å². The maximum absolute atomic E-state index is 13.8. The summed E-state index contributed by atoms with van der Waals surface area (Å²) in [6.45, 7) is 6.24. The number of hydrogen-bond acceptors (Lipinski definition) is 3. The third-order valence-corrected chi connectivity index (χ3v) is 4.41. The highest BCUT2D eigenvalue weighted by Gasteiger charge is 2.21. The Morgan fingerprint density at radius 2 is 2.08 bits per heavy atom. The van der Waals surface area contributed by atoms with E-state index >= 15 is 0 Å². The Kier molecular flexibility index (Phi) is 4.88. The second kappa shape index (κ2) is 7.11. The molecule has 0 radical (unpaired) electrons. The van der Waals surface area contributed by atoms with Crippen molar-refractivity contribution in [2.75, 3.05) is 0 Å². The van der Waals surface area contributed by atoms with Crippen molar-refractivity contribution in [2.24, 2.45) is 0 Å². The molecule has 0 spiro atoms. The summed E-state index contributed by atoms with van der Waals surface area (Å²) in [7, 11) is 0. The molecule has 0 saturated carbocycles. The smallest absolute Gasteiger partial charge is 0.305 e. The molecular formula is C19H19F2N3O2. The van der Waals surface area contributed by atoms with Crippen molar-refractivity contribution in [1.29, 1.82) is 0 Å². The van der Waals surface area contributed by atoms with Crippen LogP contribution in [0.25, 0.3) is 10.9 Å². The summed E-state index contributed by atoms with van der Waals surface area (Å²) in [5.41, 5.74) is 2.80. The maximum Gasteiger partial charge on any atom is 0.305 e. The van der Waals surface area contributed by atoms with E-state index in [4.69, 9.17) is 4.74 Å². The summed E-state index contributed by atoms with van der Waals surface area (Å²) >= 11 is 0. The van der Waals surface area contributed by atoms with Crippen LogP contribution in [0.2, 0.25) is 0 Å². The van der Waals surface area contributed by atoms with Crippen molar-refractivity contribution in [2.45, 2.75) is 33.9 Å². The van der Waals surface area contributed by atoms with E-state index in [0.717, 1.165) is 28.8 Å². The van der Waals surface area contributed by atoms with Crippen LogP contribution in [-0.2, 0) is 13.2 Å². The van der Waals surface area contributed by atoms with Crippen molar-refractivity contribution in [1.82, 2.24) is 9.67 Å². The van der Waals surface area contributed by atoms with Crippen LogP contribution in [0.5, 0.6) is 5.88 Å². The van der Waals surface area contributed by atoms with Gasteiger partial charge in [0.15, 0.2) is 0 Å². The van der Waals surface area contributed by atoms with Gasteiger partial charge in [0.2, 0.25) is 6.20 Å². The third-order valence-electron chi connectivity index (χ3n) is 4.41. The summed E-state index contributed by atoms with van der Waals surface area (Å²) < 4.78 is 34.5. The Morgan fingerprint density at radius 3 is 2.77 bits per heavy atom. The molecule has 0 N–H and O–H groups in total. The first-order valence-electron chi connectivity index (χ1n) is 8.20. The van der Waals surface area contributed by atoms with Gasteiger partial charge < -0.3 is 14.5 Å². The molecule has 26 heavy (non-hydrogen) atoms. The highest BCUT2D eigenvalue weighted by atomic mass is 19.1. The monoisotopic (exact) mass is 359 g/mol. The fraction of sp³-hybridized carbons (Fsp3) is 0.263. The number of hydrogen-bond donors (Lipinski definition) is 0. The average molecular weight is 359 g/mol. The minimum atomic E-state index is -0.705. The number of aromatic nitrogens is 3. The van der Waals surface area contributed by atoms with Crippen LogP contribution in [-0.4, -0.2) is 9.67 Å². The number of benzene rings is 1. The Hall–Kier alpha value is -2.96. The molecule has 0 aliphatic heterocycles. The number of allylic oxidation sites excluding steroid dienone is 2. The van der Waals surface area contributed by atoms with E-state index < -0.39 is 11.6 Å². The number of ether oxygens (including phenoxy) is 1. The van der Waals surface area contributed by atoms with Crippen molar-refractivity contribution in [3.8, 4) is 5.88 Å². The molecule has 0 aliphatic rings. The summed E-state index contributed by atoms with van der Waals surface area (Å²) in [6.07, 6.45) is 5.31. The minimum Gasteiger partial charge on any atom is -0.594 e. The molecule has 0 amide bonds. The van der Waals surface area contributed by atoms with Gasteiger partial charge in [0.1, 0.15) is 23.8 Å². The third kappa shape index (κ3) is 3.24. The SMILES string of the molecule is CC=CCn1c(C)c(C)c2c[n+]([O-])nc(OCc3ccc(F)cc3F)c21. The van der Waals surface area contributed by atoms with Crippen molar-refractivity contribution < 1.29 is 18.4 Å². The van der Waals surface area contributed by atoms with Gasteiger partial charge in [-0.05, 0) is 38.5 Å². The molecule has 0 aliphatic carbocycles. The van der Waals surface area contributed by atoms with Gasteiger partial charge >= 0.3 is 5.88 Å². The van der Waals surface area contributed by atoms with E-state index in [2.05, 4.69) is 5.10 Å². The van der Waals surface area contributed by atoms with E-state index in [-0.39, 0.29) is 18.1 Å². The van der Waals surface area contributed by atoms with Crippen molar-refractivity contribution >= 4 is 10.9 Å². The van der Waals surface area contributed by atoms with Gasteiger partial charge in [-0.1, -0.05) is 17.0 Å². The first-order valence-corrected chi connectivity index (χ1v) is 8.20. The van der Waals surface area contributed by atoms with Crippen molar-refractivity contribution in [3.63, 3.8) is 0 Å². The molecule has 0 fully saturated rings. The molecule has 2 aromatic heterocycles. The van der Waals surface area contributed by atoms with Crippen LogP contribution in [0, 0.1) is 30.7 Å². The first kappa shape index (κ1) is 17.8. The quantitative estimate of drug-likeness (QED) is 0.396. The second-order valence-electron chi connectivity index (χ2n) is 6.01. The van der Waals surface area contributed by atoms with Gasteiger partial charge in [-0.2, -0.15) is 0 Å². The van der Waals surface area contributed by atoms with Gasteiger partial charge in [0.05, 0.1) is 10.5 Å². The number of rotatable bonds is 5. The first-order chi connectivity index (χ1) is 12.4. The van der Waals surface area contributed by atoms with Gasteiger partial charge in [-0.25, -0.2) is 8.78 Å². The maximum atomic E-state index is 13.8. The fourth-order valence-corrected chi connectivity index (χ4v) is 2.87. The summed E-state index contributed by atoms with van der Waals surface area (Å²) in [5, 5.41) is 16.5. The van der Waals surface area contributed by atoms with Crippen LogP contribution in [0.1, 0.15) is 23.7 Å². The number of nitrogens with zero attached hydrogens (tertiary/aromatic N) is 3. The van der Waals surface area contributed by atoms with Crippen LogP contribution in [0.3, 0.4) is 0 Å². The molecule has 1 aromatic carbocycles. The molecule has 0 atom stereocenters. The Morgan fingerprint density at radius 1 is 1.31 bits per heavy atom. The van der Waals surface area contributed by atoms with Crippen LogP contribution in [0.15, 0.2) is 36.5 Å². The zero-order valence-electron chi connectivity index (χ0n) is 14.8. The molecular weight excluding hydrogens is 340 g/mol.